The van der Waals surface area contributed by atoms with Crippen molar-refractivity contribution in [1.82, 2.24) is 4.90 Å². The standard InChI is InChI=1S/C22H25NO4/c1-21-9-10-23(2)19(12-14-7-8-17(27-3)13-18(14)21)22(21,26)16-6-4-5-15(11-16)20(24)25/h4-8,11,13,19,26H,9-10,12H2,1-3H3,(H,24,25)/t19?,21-,22+/m0/s1. The lowest BCUT2D eigenvalue weighted by atomic mass is 9.53. The number of piperidine rings is 1. The van der Waals surface area contributed by atoms with Crippen LogP contribution in [-0.4, -0.2) is 47.8 Å². The highest BCUT2D eigenvalue weighted by atomic mass is 16.5. The molecule has 3 atom stereocenters. The quantitative estimate of drug-likeness (QED) is 0.873. The van der Waals surface area contributed by atoms with Crippen LogP contribution < -0.4 is 4.74 Å². The Labute approximate surface area is 159 Å². The zero-order valence-corrected chi connectivity index (χ0v) is 15.9. The second-order valence-electron chi connectivity index (χ2n) is 7.96. The molecule has 27 heavy (non-hydrogen) atoms. The van der Waals surface area contributed by atoms with Gasteiger partial charge in [0, 0.05) is 11.5 Å². The SMILES string of the molecule is COc1ccc2c(c1)[C@]1(C)CCN(C)C(C2)[C@]1(O)c1cccc(C(=O)O)c1. The molecule has 2 N–H and O–H groups in total. The van der Waals surface area contributed by atoms with E-state index in [-0.39, 0.29) is 11.6 Å². The normalized spacial score (nSPS) is 29.9. The van der Waals surface area contributed by atoms with Crippen molar-refractivity contribution in [3.63, 3.8) is 0 Å². The molecular formula is C22H25NO4. The molecule has 1 unspecified atom stereocenters. The van der Waals surface area contributed by atoms with Gasteiger partial charge in [0.25, 0.3) is 0 Å². The largest absolute Gasteiger partial charge is 0.497 e. The van der Waals surface area contributed by atoms with Crippen LogP contribution in [0.1, 0.15) is 40.4 Å². The highest BCUT2D eigenvalue weighted by Gasteiger charge is 2.60. The molecule has 1 heterocycles. The summed E-state index contributed by atoms with van der Waals surface area (Å²) in [5.41, 5.74) is 1.44. The molecule has 2 aliphatic rings. The van der Waals surface area contributed by atoms with E-state index in [0.29, 0.717) is 12.0 Å². The summed E-state index contributed by atoms with van der Waals surface area (Å²) in [6.07, 6.45) is 1.48. The molecule has 0 amide bonds. The van der Waals surface area contributed by atoms with Crippen molar-refractivity contribution < 1.29 is 19.7 Å². The van der Waals surface area contributed by atoms with Crippen molar-refractivity contribution in [2.75, 3.05) is 20.7 Å². The van der Waals surface area contributed by atoms with E-state index in [1.165, 1.54) is 5.56 Å². The minimum Gasteiger partial charge on any atom is -0.497 e. The first-order valence-corrected chi connectivity index (χ1v) is 9.25. The number of carboxylic acid groups (broad SMARTS) is 1. The number of rotatable bonds is 3. The Hall–Kier alpha value is -2.37. The number of nitrogens with zero attached hydrogens (tertiary/aromatic N) is 1. The van der Waals surface area contributed by atoms with Gasteiger partial charge in [-0.15, -0.1) is 0 Å². The van der Waals surface area contributed by atoms with E-state index in [4.69, 9.17) is 4.74 Å². The molecule has 5 heteroatoms. The van der Waals surface area contributed by atoms with Gasteiger partial charge in [-0.05, 0) is 67.4 Å². The van der Waals surface area contributed by atoms with E-state index < -0.39 is 17.0 Å². The Balaban J connectivity index is 1.96. The maximum atomic E-state index is 12.2. The molecule has 142 valence electrons. The molecule has 0 spiro atoms. The van der Waals surface area contributed by atoms with Gasteiger partial charge in [0.15, 0.2) is 0 Å². The number of carbonyl (C=O) groups is 1. The molecule has 0 aromatic heterocycles. The predicted molar refractivity (Wildman–Crippen MR) is 102 cm³/mol. The molecule has 1 saturated heterocycles. The monoisotopic (exact) mass is 367 g/mol. The van der Waals surface area contributed by atoms with Gasteiger partial charge >= 0.3 is 5.97 Å². The molecule has 2 aromatic carbocycles. The molecule has 0 saturated carbocycles. The fraction of sp³-hybridized carbons (Fsp3) is 0.409. The Morgan fingerprint density at radius 2 is 2.04 bits per heavy atom. The second kappa shape index (κ2) is 6.08. The second-order valence-corrected chi connectivity index (χ2v) is 7.96. The van der Waals surface area contributed by atoms with Crippen molar-refractivity contribution in [1.29, 1.82) is 0 Å². The number of fused-ring (bicyclic) bond motifs is 4. The lowest BCUT2D eigenvalue weighted by Gasteiger charge is -2.60. The lowest BCUT2D eigenvalue weighted by molar-refractivity contribution is -0.141. The van der Waals surface area contributed by atoms with Gasteiger partial charge in [0.2, 0.25) is 0 Å². The first-order chi connectivity index (χ1) is 12.8. The number of hydrogen-bond acceptors (Lipinski definition) is 4. The molecular weight excluding hydrogens is 342 g/mol. The average Bonchev–Trinajstić information content (AvgIpc) is 2.67. The van der Waals surface area contributed by atoms with E-state index in [0.717, 1.165) is 24.3 Å². The number of aliphatic hydroxyl groups is 1. The number of likely N-dealkylation sites (tertiary alicyclic amines) is 1. The number of aromatic carboxylic acids is 1. The van der Waals surface area contributed by atoms with E-state index in [1.54, 1.807) is 25.3 Å². The molecule has 5 nitrogen and oxygen atoms in total. The van der Waals surface area contributed by atoms with Gasteiger partial charge in [-0.2, -0.15) is 0 Å². The number of methoxy groups -OCH3 is 1. The molecule has 2 aromatic rings. The summed E-state index contributed by atoms with van der Waals surface area (Å²) in [6.45, 7) is 2.97. The van der Waals surface area contributed by atoms with Crippen LogP contribution in [0.2, 0.25) is 0 Å². The van der Waals surface area contributed by atoms with Gasteiger partial charge < -0.3 is 14.9 Å². The van der Waals surface area contributed by atoms with Gasteiger partial charge in [0.1, 0.15) is 11.4 Å². The summed E-state index contributed by atoms with van der Waals surface area (Å²) >= 11 is 0. The summed E-state index contributed by atoms with van der Waals surface area (Å²) < 4.78 is 5.44. The van der Waals surface area contributed by atoms with Crippen LogP contribution in [0, 0.1) is 0 Å². The van der Waals surface area contributed by atoms with E-state index in [2.05, 4.69) is 17.9 Å². The number of carboxylic acids is 1. The third-order valence-electron chi connectivity index (χ3n) is 6.69. The molecule has 1 aliphatic carbocycles. The third-order valence-corrected chi connectivity index (χ3v) is 6.69. The van der Waals surface area contributed by atoms with Crippen LogP contribution >= 0.6 is 0 Å². The highest BCUT2D eigenvalue weighted by molar-refractivity contribution is 5.87. The van der Waals surface area contributed by atoms with Crippen LogP contribution in [0.25, 0.3) is 0 Å². The fourth-order valence-corrected chi connectivity index (χ4v) is 5.06. The van der Waals surface area contributed by atoms with Crippen LogP contribution in [0.5, 0.6) is 5.75 Å². The first-order valence-electron chi connectivity index (χ1n) is 9.25. The summed E-state index contributed by atoms with van der Waals surface area (Å²) in [5.74, 6) is -0.212. The minimum absolute atomic E-state index is 0.124. The molecule has 1 aliphatic heterocycles. The number of hydrogen-bond donors (Lipinski definition) is 2. The van der Waals surface area contributed by atoms with Crippen LogP contribution in [0.4, 0.5) is 0 Å². The van der Waals surface area contributed by atoms with E-state index in [9.17, 15) is 15.0 Å². The number of ether oxygens (including phenoxy) is 1. The summed E-state index contributed by atoms with van der Waals surface area (Å²) in [6, 6.07) is 12.7. The van der Waals surface area contributed by atoms with E-state index in [1.807, 2.05) is 25.2 Å². The third kappa shape index (κ3) is 2.42. The Bertz CT molecular complexity index is 911. The van der Waals surface area contributed by atoms with Gasteiger partial charge in [0.05, 0.1) is 12.7 Å². The Morgan fingerprint density at radius 3 is 2.74 bits per heavy atom. The zero-order valence-electron chi connectivity index (χ0n) is 15.9. The smallest absolute Gasteiger partial charge is 0.335 e. The summed E-state index contributed by atoms with van der Waals surface area (Å²) in [5, 5.41) is 21.6. The van der Waals surface area contributed by atoms with Crippen LogP contribution in [-0.2, 0) is 17.4 Å². The van der Waals surface area contributed by atoms with Crippen molar-refractivity contribution in [2.24, 2.45) is 0 Å². The number of likely N-dealkylation sites (N-methyl/N-ethyl adjacent to an activating group) is 1. The fourth-order valence-electron chi connectivity index (χ4n) is 5.06. The van der Waals surface area contributed by atoms with Gasteiger partial charge in [-0.3, -0.25) is 4.90 Å². The average molecular weight is 367 g/mol. The van der Waals surface area contributed by atoms with Gasteiger partial charge in [-0.1, -0.05) is 25.1 Å². The molecule has 4 rings (SSSR count). The van der Waals surface area contributed by atoms with Crippen molar-refractivity contribution in [3.05, 3.63) is 64.7 Å². The predicted octanol–water partition coefficient (Wildman–Crippen LogP) is 2.80. The molecule has 1 fully saturated rings. The maximum absolute atomic E-state index is 12.2. The molecule has 0 radical (unpaired) electrons. The number of benzene rings is 2. The van der Waals surface area contributed by atoms with Crippen LogP contribution in [0.15, 0.2) is 42.5 Å². The lowest BCUT2D eigenvalue weighted by Crippen LogP contribution is -2.67. The summed E-state index contributed by atoms with van der Waals surface area (Å²) in [4.78, 5) is 13.7. The van der Waals surface area contributed by atoms with Crippen LogP contribution in [0.3, 0.4) is 0 Å². The summed E-state index contributed by atoms with van der Waals surface area (Å²) in [7, 11) is 3.68. The highest BCUT2D eigenvalue weighted by Crippen LogP contribution is 2.56. The van der Waals surface area contributed by atoms with Gasteiger partial charge in [-0.25, -0.2) is 4.79 Å². The topological polar surface area (TPSA) is 70.0 Å². The Morgan fingerprint density at radius 1 is 1.26 bits per heavy atom. The molecule has 2 bridgehead atoms. The van der Waals surface area contributed by atoms with Crippen molar-refractivity contribution in [2.45, 2.75) is 36.8 Å². The van der Waals surface area contributed by atoms with Crippen molar-refractivity contribution in [3.8, 4) is 5.75 Å². The maximum Gasteiger partial charge on any atom is 0.335 e. The first kappa shape index (κ1) is 18.0. The minimum atomic E-state index is -1.19. The zero-order chi connectivity index (χ0) is 19.4. The Kier molecular flexibility index (Phi) is 4.05. The van der Waals surface area contributed by atoms with Crippen molar-refractivity contribution >= 4 is 5.97 Å². The van der Waals surface area contributed by atoms with E-state index >= 15 is 0 Å².